The van der Waals surface area contributed by atoms with Crippen molar-refractivity contribution >= 4 is 37.2 Å². The Kier molecular flexibility index (Phi) is 13.1. The van der Waals surface area contributed by atoms with Crippen LogP contribution in [0.4, 0.5) is 4.79 Å². The molecular formula is C47H51N9O9S2. The highest BCUT2D eigenvalue weighted by molar-refractivity contribution is 7.92. The predicted octanol–water partition coefficient (Wildman–Crippen LogP) is 6.94. The highest BCUT2D eigenvalue weighted by Crippen LogP contribution is 2.43. The fraction of sp³-hybridized carbons (Fsp3) is 0.298. The number of sulfonamides is 2. The maximum atomic E-state index is 16.1. The summed E-state index contributed by atoms with van der Waals surface area (Å²) in [6.07, 6.45) is 0.722. The second-order valence-electron chi connectivity index (χ2n) is 17.1. The number of nitrogens with zero attached hydrogens (tertiary/aromatic N) is 7. The third kappa shape index (κ3) is 9.83. The van der Waals surface area contributed by atoms with Crippen LogP contribution in [0.15, 0.2) is 119 Å². The molecule has 1 aliphatic rings. The lowest BCUT2D eigenvalue weighted by atomic mass is 9.84. The summed E-state index contributed by atoms with van der Waals surface area (Å²) in [6, 6.07) is 28.0. The van der Waals surface area contributed by atoms with E-state index >= 15 is 16.8 Å². The van der Waals surface area contributed by atoms with E-state index in [2.05, 4.69) is 25.0 Å². The standard InChI is InChI=1S/C47H51N9O9S2/c1-47(2,3)56(46(57)58)34-24-33(25-34)52-66(59,60)41-23-22-38(39-8-7-9-40-43(39)49-29-48-40)42(45-50-53-55(51-45)28-32-14-20-37(65-6)21-15-32)44(41)67(61,62)54(26-30-10-16-35(63-4)17-11-30)27-31-12-18-36(64-5)19-13-31/h7-23,29,33-34,52H,24-28H2,1-6H3,(H,48,49)(H,57,58). The fourth-order valence-electron chi connectivity index (χ4n) is 8.36. The van der Waals surface area contributed by atoms with Crippen molar-refractivity contribution in [1.29, 1.82) is 0 Å². The molecule has 18 nitrogen and oxygen atoms in total. The number of benzene rings is 5. The van der Waals surface area contributed by atoms with Crippen molar-refractivity contribution in [2.45, 2.75) is 80.7 Å². The lowest BCUT2D eigenvalue weighted by molar-refractivity contribution is 0.0327. The van der Waals surface area contributed by atoms with E-state index in [0.29, 0.717) is 45.0 Å². The molecule has 0 aliphatic heterocycles. The third-order valence-electron chi connectivity index (χ3n) is 11.7. The van der Waals surface area contributed by atoms with E-state index < -0.39 is 53.6 Å². The molecule has 2 aromatic heterocycles. The molecular weight excluding hydrogens is 899 g/mol. The minimum atomic E-state index is -4.92. The van der Waals surface area contributed by atoms with E-state index in [1.807, 2.05) is 18.2 Å². The highest BCUT2D eigenvalue weighted by atomic mass is 32.2. The van der Waals surface area contributed by atoms with Gasteiger partial charge in [-0.15, -0.1) is 10.2 Å². The first-order chi connectivity index (χ1) is 32.0. The second kappa shape index (κ2) is 18.8. The summed E-state index contributed by atoms with van der Waals surface area (Å²) in [7, 11) is -5.02. The Morgan fingerprint density at radius 3 is 1.90 bits per heavy atom. The molecule has 1 aliphatic carbocycles. The van der Waals surface area contributed by atoms with Crippen LogP contribution in [0.2, 0.25) is 0 Å². The number of carbonyl (C=O) groups is 1. The van der Waals surface area contributed by atoms with Crippen LogP contribution in [0.25, 0.3) is 33.5 Å². The molecule has 67 heavy (non-hydrogen) atoms. The van der Waals surface area contributed by atoms with Gasteiger partial charge in [-0.2, -0.15) is 9.10 Å². The van der Waals surface area contributed by atoms with Crippen molar-refractivity contribution in [3.63, 3.8) is 0 Å². The monoisotopic (exact) mass is 949 g/mol. The average molecular weight is 950 g/mol. The molecule has 1 saturated carbocycles. The smallest absolute Gasteiger partial charge is 0.407 e. The molecule has 3 N–H and O–H groups in total. The second-order valence-corrected chi connectivity index (χ2v) is 20.7. The van der Waals surface area contributed by atoms with Crippen LogP contribution in [0.1, 0.15) is 50.3 Å². The van der Waals surface area contributed by atoms with Gasteiger partial charge in [0.25, 0.3) is 0 Å². The molecule has 2 heterocycles. The van der Waals surface area contributed by atoms with Crippen LogP contribution in [-0.2, 0) is 39.7 Å². The Hall–Kier alpha value is -6.87. The molecule has 0 radical (unpaired) electrons. The summed E-state index contributed by atoms with van der Waals surface area (Å²) in [4.78, 5) is 21.5. The number of aromatic amines is 1. The minimum absolute atomic E-state index is 0.120. The maximum absolute atomic E-state index is 16.1. The zero-order valence-electron chi connectivity index (χ0n) is 37.7. The lowest BCUT2D eigenvalue weighted by Crippen LogP contribution is -2.60. The number of hydrogen-bond donors (Lipinski definition) is 3. The molecule has 7 aromatic rings. The van der Waals surface area contributed by atoms with Gasteiger partial charge in [-0.05, 0) is 110 Å². The van der Waals surface area contributed by atoms with Gasteiger partial charge in [-0.1, -0.05) is 54.6 Å². The predicted molar refractivity (Wildman–Crippen MR) is 250 cm³/mol. The van der Waals surface area contributed by atoms with Crippen LogP contribution >= 0.6 is 0 Å². The summed E-state index contributed by atoms with van der Waals surface area (Å²) in [5.74, 6) is 1.61. The van der Waals surface area contributed by atoms with E-state index in [-0.39, 0.29) is 49.4 Å². The number of amides is 1. The Bertz CT molecular complexity index is 3060. The number of hydrogen-bond acceptors (Lipinski definition) is 12. The van der Waals surface area contributed by atoms with Gasteiger partial charge in [0.15, 0.2) is 0 Å². The summed E-state index contributed by atoms with van der Waals surface area (Å²) in [5.41, 5.74) is 2.98. The third-order valence-corrected chi connectivity index (χ3v) is 15.2. The Morgan fingerprint density at radius 2 is 1.36 bits per heavy atom. The summed E-state index contributed by atoms with van der Waals surface area (Å²) in [6.45, 7) is 5.06. The number of H-pyrrole nitrogens is 1. The molecule has 20 heteroatoms. The molecule has 1 amide bonds. The van der Waals surface area contributed by atoms with Gasteiger partial charge in [0.1, 0.15) is 27.0 Å². The quantitative estimate of drug-likeness (QED) is 0.0843. The highest BCUT2D eigenvalue weighted by Gasteiger charge is 2.44. The number of imidazole rings is 1. The van der Waals surface area contributed by atoms with Crippen molar-refractivity contribution in [3.05, 3.63) is 126 Å². The van der Waals surface area contributed by atoms with Gasteiger partial charge >= 0.3 is 6.09 Å². The van der Waals surface area contributed by atoms with Crippen molar-refractivity contribution in [3.8, 4) is 39.8 Å². The fourth-order valence-corrected chi connectivity index (χ4v) is 12.0. The van der Waals surface area contributed by atoms with Crippen LogP contribution in [-0.4, -0.2) is 106 Å². The number of fused-ring (bicyclic) bond motifs is 1. The van der Waals surface area contributed by atoms with Crippen molar-refractivity contribution < 1.29 is 40.9 Å². The van der Waals surface area contributed by atoms with Gasteiger partial charge < -0.3 is 29.2 Å². The Morgan fingerprint density at radius 1 is 0.791 bits per heavy atom. The molecule has 0 atom stereocenters. The Balaban J connectivity index is 1.34. The number of aromatic nitrogens is 6. The average Bonchev–Trinajstić information content (AvgIpc) is 3.98. The van der Waals surface area contributed by atoms with E-state index in [9.17, 15) is 9.90 Å². The van der Waals surface area contributed by atoms with Crippen LogP contribution in [0, 0.1) is 0 Å². The SMILES string of the molecule is COc1ccc(CN(Cc2ccc(OC)cc2)S(=O)(=O)c2c(S(=O)(=O)NC3CC(N(C(=O)O)C(C)(C)C)C3)ccc(-c3cccc4[nH]cnc34)c2-c2nnn(Cc3ccc(OC)cc3)n2)cc1. The number of rotatable bonds is 17. The van der Waals surface area contributed by atoms with Crippen molar-refractivity contribution in [1.82, 2.24) is 44.1 Å². The zero-order chi connectivity index (χ0) is 47.7. The molecule has 1 fully saturated rings. The number of carboxylic acid groups (broad SMARTS) is 1. The van der Waals surface area contributed by atoms with E-state index in [4.69, 9.17) is 19.3 Å². The van der Waals surface area contributed by atoms with E-state index in [0.717, 1.165) is 5.56 Å². The first kappa shape index (κ1) is 46.7. The van der Waals surface area contributed by atoms with E-state index in [1.54, 1.807) is 101 Å². The van der Waals surface area contributed by atoms with Crippen LogP contribution in [0.3, 0.4) is 0 Å². The molecule has 8 rings (SSSR count). The van der Waals surface area contributed by atoms with Crippen LogP contribution in [0.5, 0.6) is 17.2 Å². The van der Waals surface area contributed by atoms with Gasteiger partial charge in [0.05, 0.1) is 50.8 Å². The van der Waals surface area contributed by atoms with Gasteiger partial charge in [0, 0.05) is 36.3 Å². The molecule has 0 saturated heterocycles. The number of para-hydroxylation sites is 1. The van der Waals surface area contributed by atoms with Gasteiger partial charge in [-0.3, -0.25) is 0 Å². The summed E-state index contributed by atoms with van der Waals surface area (Å²) in [5, 5.41) is 23.6. The number of tetrazole rings is 1. The normalized spacial score (nSPS) is 15.3. The molecule has 0 bridgehead atoms. The number of methoxy groups -OCH3 is 3. The first-order valence-corrected chi connectivity index (χ1v) is 24.2. The molecule has 5 aromatic carbocycles. The molecule has 0 unspecified atom stereocenters. The van der Waals surface area contributed by atoms with Crippen molar-refractivity contribution in [2.24, 2.45) is 0 Å². The lowest BCUT2D eigenvalue weighted by Gasteiger charge is -2.47. The van der Waals surface area contributed by atoms with Gasteiger partial charge in [-0.25, -0.2) is 31.3 Å². The summed E-state index contributed by atoms with van der Waals surface area (Å²) >= 11 is 0. The number of nitrogens with one attached hydrogen (secondary N) is 2. The Labute approximate surface area is 388 Å². The van der Waals surface area contributed by atoms with E-state index in [1.165, 1.54) is 46.7 Å². The maximum Gasteiger partial charge on any atom is 0.407 e. The minimum Gasteiger partial charge on any atom is -0.497 e. The molecule has 0 spiro atoms. The van der Waals surface area contributed by atoms with Crippen molar-refractivity contribution in [2.75, 3.05) is 21.3 Å². The van der Waals surface area contributed by atoms with Gasteiger partial charge in [0.2, 0.25) is 25.9 Å². The number of ether oxygens (including phenoxy) is 3. The topological polar surface area (TPSA) is 224 Å². The largest absolute Gasteiger partial charge is 0.497 e. The molecule has 350 valence electrons. The zero-order valence-corrected chi connectivity index (χ0v) is 39.4. The first-order valence-electron chi connectivity index (χ1n) is 21.3. The van der Waals surface area contributed by atoms with Crippen LogP contribution < -0.4 is 18.9 Å². The summed E-state index contributed by atoms with van der Waals surface area (Å²) < 4.78 is 82.3.